The Morgan fingerprint density at radius 3 is 2.39 bits per heavy atom. The van der Waals surface area contributed by atoms with Crippen LogP contribution in [0.4, 0.5) is 10.1 Å². The minimum absolute atomic E-state index is 0.110. The first-order valence-corrected chi connectivity index (χ1v) is 7.23. The van der Waals surface area contributed by atoms with Gasteiger partial charge >= 0.3 is 0 Å². The third-order valence-corrected chi connectivity index (χ3v) is 3.61. The van der Waals surface area contributed by atoms with E-state index in [-0.39, 0.29) is 23.5 Å². The van der Waals surface area contributed by atoms with Crippen LogP contribution in [0.5, 0.6) is 0 Å². The molecule has 0 radical (unpaired) electrons. The van der Waals surface area contributed by atoms with Crippen molar-refractivity contribution in [3.8, 4) is 11.1 Å². The van der Waals surface area contributed by atoms with E-state index in [9.17, 15) is 9.18 Å². The van der Waals surface area contributed by atoms with Gasteiger partial charge in [-0.15, -0.1) is 0 Å². The van der Waals surface area contributed by atoms with Crippen LogP contribution in [0.2, 0.25) is 0 Å². The van der Waals surface area contributed by atoms with Crippen molar-refractivity contribution in [1.29, 1.82) is 0 Å². The number of rotatable bonds is 4. The molecule has 1 aromatic heterocycles. The van der Waals surface area contributed by atoms with Crippen LogP contribution in [0.1, 0.15) is 16.1 Å². The molecule has 0 saturated heterocycles. The van der Waals surface area contributed by atoms with Crippen LogP contribution in [0.25, 0.3) is 11.1 Å². The van der Waals surface area contributed by atoms with Crippen LogP contribution in [-0.2, 0) is 6.42 Å². The summed E-state index contributed by atoms with van der Waals surface area (Å²) in [6.07, 6.45) is 1.54. The van der Waals surface area contributed by atoms with Crippen LogP contribution in [0.3, 0.4) is 0 Å². The maximum absolute atomic E-state index is 14.8. The zero-order valence-corrected chi connectivity index (χ0v) is 12.4. The third-order valence-electron chi connectivity index (χ3n) is 3.61. The van der Waals surface area contributed by atoms with E-state index in [0.29, 0.717) is 11.3 Å². The van der Waals surface area contributed by atoms with Crippen molar-refractivity contribution in [1.82, 2.24) is 4.98 Å². The zero-order valence-electron chi connectivity index (χ0n) is 12.4. The number of hydrogen-bond donors (Lipinski definition) is 1. The van der Waals surface area contributed by atoms with E-state index >= 15 is 0 Å². The Labute approximate surface area is 133 Å². The lowest BCUT2D eigenvalue weighted by atomic mass is 10.0. The summed E-state index contributed by atoms with van der Waals surface area (Å²) in [4.78, 5) is 16.3. The second kappa shape index (κ2) is 6.40. The fourth-order valence-electron chi connectivity index (χ4n) is 2.45. The van der Waals surface area contributed by atoms with Crippen molar-refractivity contribution in [3.63, 3.8) is 0 Å². The first kappa shape index (κ1) is 14.9. The number of nitrogens with zero attached hydrogens (tertiary/aromatic N) is 1. The quantitative estimate of drug-likeness (QED) is 0.587. The molecule has 3 aromatic rings. The number of anilines is 1. The normalized spacial score (nSPS) is 10.5. The van der Waals surface area contributed by atoms with Gasteiger partial charge in [-0.2, -0.15) is 0 Å². The van der Waals surface area contributed by atoms with Gasteiger partial charge in [0, 0.05) is 29.4 Å². The number of hydrogen-bond acceptors (Lipinski definition) is 3. The van der Waals surface area contributed by atoms with Gasteiger partial charge in [-0.1, -0.05) is 48.5 Å². The Hall–Kier alpha value is -3.01. The molecule has 0 fully saturated rings. The molecule has 0 spiro atoms. The summed E-state index contributed by atoms with van der Waals surface area (Å²) in [6.45, 7) is 0. The Bertz CT molecular complexity index is 847. The lowest BCUT2D eigenvalue weighted by molar-refractivity contribution is 0.0984. The van der Waals surface area contributed by atoms with Crippen molar-refractivity contribution in [2.24, 2.45) is 0 Å². The third kappa shape index (κ3) is 3.11. The molecule has 0 bridgehead atoms. The van der Waals surface area contributed by atoms with Gasteiger partial charge in [0.05, 0.1) is 0 Å². The number of carbonyl (C=O) groups excluding carboxylic acids is 1. The Kier molecular flexibility index (Phi) is 4.15. The standard InChI is InChI=1S/C19H15FN2O/c20-18-15(14-8-4-5-9-16(14)21)10-11-22-19(18)17(23)12-13-6-2-1-3-7-13/h1-11H,12,21H2. The molecule has 4 heteroatoms. The molecule has 1 heterocycles. The molecule has 0 unspecified atom stereocenters. The topological polar surface area (TPSA) is 56.0 Å². The average Bonchev–Trinajstić information content (AvgIpc) is 2.57. The minimum atomic E-state index is -0.633. The number of para-hydroxylation sites is 1. The Balaban J connectivity index is 1.97. The smallest absolute Gasteiger partial charge is 0.188 e. The van der Waals surface area contributed by atoms with Gasteiger partial charge in [0.2, 0.25) is 0 Å². The number of aromatic nitrogens is 1. The number of pyridine rings is 1. The number of benzene rings is 2. The van der Waals surface area contributed by atoms with E-state index in [1.54, 1.807) is 24.3 Å². The average molecular weight is 306 g/mol. The fourth-order valence-corrected chi connectivity index (χ4v) is 2.45. The highest BCUT2D eigenvalue weighted by atomic mass is 19.1. The highest BCUT2D eigenvalue weighted by molar-refractivity contribution is 5.97. The van der Waals surface area contributed by atoms with Crippen LogP contribution in [-0.4, -0.2) is 10.8 Å². The Morgan fingerprint density at radius 1 is 0.957 bits per heavy atom. The number of ketones is 1. The first-order chi connectivity index (χ1) is 11.2. The zero-order chi connectivity index (χ0) is 16.2. The maximum Gasteiger partial charge on any atom is 0.188 e. The van der Waals surface area contributed by atoms with Crippen LogP contribution < -0.4 is 5.73 Å². The molecule has 0 aliphatic carbocycles. The SMILES string of the molecule is Nc1ccccc1-c1ccnc(C(=O)Cc2ccccc2)c1F. The van der Waals surface area contributed by atoms with E-state index in [2.05, 4.69) is 4.98 Å². The lowest BCUT2D eigenvalue weighted by Gasteiger charge is -2.09. The summed E-state index contributed by atoms with van der Waals surface area (Å²) >= 11 is 0. The van der Waals surface area contributed by atoms with E-state index < -0.39 is 5.82 Å². The summed E-state index contributed by atoms with van der Waals surface area (Å²) in [5, 5.41) is 0. The van der Waals surface area contributed by atoms with Crippen molar-refractivity contribution >= 4 is 11.5 Å². The van der Waals surface area contributed by atoms with E-state index in [0.717, 1.165) is 5.56 Å². The van der Waals surface area contributed by atoms with E-state index in [1.807, 2.05) is 30.3 Å². The molecule has 3 rings (SSSR count). The van der Waals surface area contributed by atoms with Gasteiger partial charge in [0.15, 0.2) is 11.6 Å². The summed E-state index contributed by atoms with van der Waals surface area (Å²) in [6, 6.07) is 17.7. The molecule has 0 aliphatic rings. The summed E-state index contributed by atoms with van der Waals surface area (Å²) < 4.78 is 14.8. The van der Waals surface area contributed by atoms with Crippen molar-refractivity contribution in [2.75, 3.05) is 5.73 Å². The van der Waals surface area contributed by atoms with Gasteiger partial charge in [-0.25, -0.2) is 9.37 Å². The number of carbonyl (C=O) groups is 1. The highest BCUT2D eigenvalue weighted by Gasteiger charge is 2.18. The predicted octanol–water partition coefficient (Wildman–Crippen LogP) is 3.90. The summed E-state index contributed by atoms with van der Waals surface area (Å²) in [7, 11) is 0. The van der Waals surface area contributed by atoms with Gasteiger partial charge in [0.1, 0.15) is 5.69 Å². The van der Waals surface area contributed by atoms with Crippen molar-refractivity contribution in [3.05, 3.63) is 83.9 Å². The Morgan fingerprint density at radius 2 is 1.65 bits per heavy atom. The number of nitrogen functional groups attached to an aromatic ring is 1. The molecular weight excluding hydrogens is 291 g/mol. The molecule has 0 amide bonds. The lowest BCUT2D eigenvalue weighted by Crippen LogP contribution is -2.10. The van der Waals surface area contributed by atoms with Crippen LogP contribution in [0.15, 0.2) is 66.9 Å². The number of halogens is 1. The van der Waals surface area contributed by atoms with Crippen LogP contribution >= 0.6 is 0 Å². The summed E-state index contributed by atoms with van der Waals surface area (Å²) in [5.41, 5.74) is 7.86. The van der Waals surface area contributed by atoms with Crippen molar-refractivity contribution in [2.45, 2.75) is 6.42 Å². The van der Waals surface area contributed by atoms with E-state index in [1.165, 1.54) is 12.3 Å². The van der Waals surface area contributed by atoms with Gasteiger partial charge in [-0.05, 0) is 17.7 Å². The number of nitrogens with two attached hydrogens (primary N) is 1. The predicted molar refractivity (Wildman–Crippen MR) is 88.5 cm³/mol. The molecule has 3 nitrogen and oxygen atoms in total. The van der Waals surface area contributed by atoms with Crippen LogP contribution in [0, 0.1) is 5.82 Å². The molecule has 2 N–H and O–H groups in total. The molecule has 23 heavy (non-hydrogen) atoms. The van der Waals surface area contributed by atoms with Gasteiger partial charge in [-0.3, -0.25) is 4.79 Å². The maximum atomic E-state index is 14.8. The fraction of sp³-hybridized carbons (Fsp3) is 0.0526. The monoisotopic (exact) mass is 306 g/mol. The highest BCUT2D eigenvalue weighted by Crippen LogP contribution is 2.29. The molecule has 0 atom stereocenters. The minimum Gasteiger partial charge on any atom is -0.398 e. The molecule has 2 aromatic carbocycles. The number of Topliss-reactive ketones (excluding diaryl/α,β-unsaturated/α-hetero) is 1. The molecule has 114 valence electrons. The van der Waals surface area contributed by atoms with E-state index in [4.69, 9.17) is 5.73 Å². The van der Waals surface area contributed by atoms with Crippen molar-refractivity contribution < 1.29 is 9.18 Å². The van der Waals surface area contributed by atoms with Gasteiger partial charge < -0.3 is 5.73 Å². The molecular formula is C19H15FN2O. The second-order valence-electron chi connectivity index (χ2n) is 5.19. The molecule has 0 saturated carbocycles. The van der Waals surface area contributed by atoms with Gasteiger partial charge in [0.25, 0.3) is 0 Å². The first-order valence-electron chi connectivity index (χ1n) is 7.23. The largest absolute Gasteiger partial charge is 0.398 e. The second-order valence-corrected chi connectivity index (χ2v) is 5.19. The molecule has 0 aliphatic heterocycles. The summed E-state index contributed by atoms with van der Waals surface area (Å²) in [5.74, 6) is -0.989.